The highest BCUT2D eigenvalue weighted by Crippen LogP contribution is 2.20. The maximum Gasteiger partial charge on any atom is 0.236 e. The number of anilines is 2. The van der Waals surface area contributed by atoms with Crippen molar-refractivity contribution in [3.05, 3.63) is 24.3 Å². The van der Waals surface area contributed by atoms with Crippen LogP contribution in [0.5, 0.6) is 0 Å². The van der Waals surface area contributed by atoms with Crippen LogP contribution in [0.3, 0.4) is 0 Å². The quantitative estimate of drug-likeness (QED) is 0.770. The summed E-state index contributed by atoms with van der Waals surface area (Å²) in [5, 5.41) is 0. The molecule has 0 aliphatic heterocycles. The number of sulfone groups is 1. The first kappa shape index (κ1) is 15.8. The number of hydrogen-bond donors (Lipinski definition) is 1. The number of hydrogen-bond acceptors (Lipinski definition) is 5. The van der Waals surface area contributed by atoms with E-state index in [1.54, 1.807) is 31.2 Å². The Labute approximate surface area is 114 Å². The van der Waals surface area contributed by atoms with Crippen LogP contribution in [0.2, 0.25) is 0 Å². The molecule has 0 saturated heterocycles. The SMILES string of the molecule is CCN(c1cccc(N)c1)S(=O)(=O)CCS(C)(=O)=O. The predicted octanol–water partition coefficient (Wildman–Crippen LogP) is 0.470. The van der Waals surface area contributed by atoms with Gasteiger partial charge in [-0.3, -0.25) is 4.31 Å². The number of sulfonamides is 1. The zero-order valence-corrected chi connectivity index (χ0v) is 12.5. The molecule has 0 heterocycles. The summed E-state index contributed by atoms with van der Waals surface area (Å²) >= 11 is 0. The summed E-state index contributed by atoms with van der Waals surface area (Å²) in [5.41, 5.74) is 6.51. The molecule has 1 aromatic carbocycles. The summed E-state index contributed by atoms with van der Waals surface area (Å²) in [4.78, 5) is 0. The molecule has 8 heteroatoms. The van der Waals surface area contributed by atoms with Crippen LogP contribution in [0.15, 0.2) is 24.3 Å². The molecule has 0 bridgehead atoms. The van der Waals surface area contributed by atoms with E-state index in [1.165, 1.54) is 0 Å². The van der Waals surface area contributed by atoms with E-state index in [2.05, 4.69) is 0 Å². The number of nitrogens with zero attached hydrogens (tertiary/aromatic N) is 1. The number of nitrogen functional groups attached to an aromatic ring is 1. The Morgan fingerprint density at radius 3 is 2.26 bits per heavy atom. The van der Waals surface area contributed by atoms with E-state index in [-0.39, 0.29) is 6.54 Å². The van der Waals surface area contributed by atoms with Crippen LogP contribution in [0.25, 0.3) is 0 Å². The van der Waals surface area contributed by atoms with Gasteiger partial charge in [-0.1, -0.05) is 6.07 Å². The molecule has 0 atom stereocenters. The van der Waals surface area contributed by atoms with E-state index in [9.17, 15) is 16.8 Å². The van der Waals surface area contributed by atoms with Gasteiger partial charge in [0.1, 0.15) is 9.84 Å². The first-order valence-corrected chi connectivity index (χ1v) is 9.36. The highest BCUT2D eigenvalue weighted by Gasteiger charge is 2.22. The van der Waals surface area contributed by atoms with E-state index in [1.807, 2.05) is 0 Å². The van der Waals surface area contributed by atoms with Crippen molar-refractivity contribution in [3.8, 4) is 0 Å². The third-order valence-corrected chi connectivity index (χ3v) is 5.56. The van der Waals surface area contributed by atoms with Gasteiger partial charge in [-0.05, 0) is 25.1 Å². The average molecular weight is 306 g/mol. The summed E-state index contributed by atoms with van der Waals surface area (Å²) in [7, 11) is -7.00. The first-order chi connectivity index (χ1) is 8.65. The molecule has 0 aliphatic carbocycles. The van der Waals surface area contributed by atoms with Crippen molar-refractivity contribution in [2.24, 2.45) is 0 Å². The van der Waals surface area contributed by atoms with Gasteiger partial charge < -0.3 is 5.73 Å². The molecule has 0 radical (unpaired) electrons. The Morgan fingerprint density at radius 1 is 1.16 bits per heavy atom. The van der Waals surface area contributed by atoms with Gasteiger partial charge in [0.2, 0.25) is 10.0 Å². The smallest absolute Gasteiger partial charge is 0.236 e. The second-order valence-corrected chi connectivity index (χ2v) is 8.48. The monoisotopic (exact) mass is 306 g/mol. The van der Waals surface area contributed by atoms with Crippen LogP contribution in [-0.4, -0.2) is 41.1 Å². The molecule has 108 valence electrons. The van der Waals surface area contributed by atoms with Gasteiger partial charge in [-0.15, -0.1) is 0 Å². The van der Waals surface area contributed by atoms with Crippen molar-refractivity contribution in [3.63, 3.8) is 0 Å². The fraction of sp³-hybridized carbons (Fsp3) is 0.455. The second-order valence-electron chi connectivity index (χ2n) is 4.21. The molecule has 0 saturated carbocycles. The molecule has 0 aromatic heterocycles. The summed E-state index contributed by atoms with van der Waals surface area (Å²) in [5.74, 6) is -0.831. The van der Waals surface area contributed by atoms with E-state index in [0.29, 0.717) is 11.4 Å². The van der Waals surface area contributed by atoms with Gasteiger partial charge in [0, 0.05) is 18.5 Å². The number of nitrogens with two attached hydrogens (primary N) is 1. The lowest BCUT2D eigenvalue weighted by Gasteiger charge is -2.22. The number of rotatable bonds is 6. The zero-order valence-electron chi connectivity index (χ0n) is 10.9. The van der Waals surface area contributed by atoms with Crippen LogP contribution in [0, 0.1) is 0 Å². The Bertz CT molecular complexity index is 638. The van der Waals surface area contributed by atoms with E-state index >= 15 is 0 Å². The van der Waals surface area contributed by atoms with Crippen molar-refractivity contribution in [1.82, 2.24) is 0 Å². The molecule has 0 aliphatic rings. The molecule has 0 fully saturated rings. The maximum atomic E-state index is 12.1. The largest absolute Gasteiger partial charge is 0.399 e. The molecule has 0 spiro atoms. The van der Waals surface area contributed by atoms with E-state index in [4.69, 9.17) is 5.73 Å². The Morgan fingerprint density at radius 2 is 1.79 bits per heavy atom. The normalized spacial score (nSPS) is 12.3. The van der Waals surface area contributed by atoms with Crippen molar-refractivity contribution in [2.75, 3.05) is 34.3 Å². The van der Waals surface area contributed by atoms with Crippen LogP contribution in [0.4, 0.5) is 11.4 Å². The molecule has 6 nitrogen and oxygen atoms in total. The van der Waals surface area contributed by atoms with Crippen LogP contribution in [-0.2, 0) is 19.9 Å². The minimum Gasteiger partial charge on any atom is -0.399 e. The van der Waals surface area contributed by atoms with Gasteiger partial charge in [0.05, 0.1) is 17.2 Å². The highest BCUT2D eigenvalue weighted by molar-refractivity contribution is 7.95. The Kier molecular flexibility index (Phi) is 4.81. The molecule has 0 unspecified atom stereocenters. The standard InChI is InChI=1S/C11H18N2O4S2/c1-3-13(11-6-4-5-10(12)9-11)19(16,17)8-7-18(2,14)15/h4-6,9H,3,7-8,12H2,1-2H3. The van der Waals surface area contributed by atoms with Crippen LogP contribution < -0.4 is 10.0 Å². The van der Waals surface area contributed by atoms with Gasteiger partial charge in [0.15, 0.2) is 0 Å². The van der Waals surface area contributed by atoms with Gasteiger partial charge in [0.25, 0.3) is 0 Å². The first-order valence-electron chi connectivity index (χ1n) is 5.69. The van der Waals surface area contributed by atoms with Crippen molar-refractivity contribution in [1.29, 1.82) is 0 Å². The summed E-state index contributed by atoms with van der Waals surface area (Å²) < 4.78 is 47.6. The summed E-state index contributed by atoms with van der Waals surface area (Å²) in [6.45, 7) is 1.90. The summed E-state index contributed by atoms with van der Waals surface area (Å²) in [6.07, 6.45) is 1.01. The third kappa shape index (κ3) is 4.71. The average Bonchev–Trinajstić information content (AvgIpc) is 2.26. The fourth-order valence-electron chi connectivity index (χ4n) is 1.59. The lowest BCUT2D eigenvalue weighted by atomic mass is 10.3. The minimum absolute atomic E-state index is 0.218. The van der Waals surface area contributed by atoms with Gasteiger partial charge in [-0.25, -0.2) is 16.8 Å². The van der Waals surface area contributed by atoms with Crippen molar-refractivity contribution in [2.45, 2.75) is 6.92 Å². The number of benzene rings is 1. The highest BCUT2D eigenvalue weighted by atomic mass is 32.2. The molecule has 1 rings (SSSR count). The fourth-order valence-corrected chi connectivity index (χ4v) is 4.69. The lowest BCUT2D eigenvalue weighted by molar-refractivity contribution is 0.587. The molecular weight excluding hydrogens is 288 g/mol. The van der Waals surface area contributed by atoms with E-state index in [0.717, 1.165) is 10.6 Å². The third-order valence-electron chi connectivity index (χ3n) is 2.49. The molecule has 19 heavy (non-hydrogen) atoms. The second kappa shape index (κ2) is 5.79. The van der Waals surface area contributed by atoms with Gasteiger partial charge >= 0.3 is 0 Å². The summed E-state index contributed by atoms with van der Waals surface area (Å²) in [6, 6.07) is 6.47. The minimum atomic E-state index is -3.68. The van der Waals surface area contributed by atoms with Crippen molar-refractivity contribution < 1.29 is 16.8 Å². The topological polar surface area (TPSA) is 97.5 Å². The molecule has 2 N–H and O–H groups in total. The van der Waals surface area contributed by atoms with E-state index < -0.39 is 31.4 Å². The van der Waals surface area contributed by atoms with Crippen LogP contribution in [0.1, 0.15) is 6.92 Å². The lowest BCUT2D eigenvalue weighted by Crippen LogP contribution is -2.35. The van der Waals surface area contributed by atoms with Crippen LogP contribution >= 0.6 is 0 Å². The van der Waals surface area contributed by atoms with Gasteiger partial charge in [-0.2, -0.15) is 0 Å². The predicted molar refractivity (Wildman–Crippen MR) is 77.4 cm³/mol. The Hall–Kier alpha value is -1.28. The molecule has 1 aromatic rings. The zero-order chi connectivity index (χ0) is 14.7. The molecular formula is C11H18N2O4S2. The Balaban J connectivity index is 3.02. The van der Waals surface area contributed by atoms with Crippen molar-refractivity contribution >= 4 is 31.2 Å². The maximum absolute atomic E-state index is 12.1. The molecule has 0 amide bonds.